The molecular weight excluding hydrogens is 526 g/mol. The van der Waals surface area contributed by atoms with Gasteiger partial charge in [-0.15, -0.1) is 0 Å². The Morgan fingerprint density at radius 3 is 2.75 bits per heavy atom. The van der Waals surface area contributed by atoms with Gasteiger partial charge in [0.25, 0.3) is 5.91 Å². The third-order valence-electron chi connectivity index (χ3n) is 9.14. The average molecular weight is 554 g/mol. The number of para-hydroxylation sites is 1. The monoisotopic (exact) mass is 553 g/mol. The molecule has 4 atom stereocenters. The molecule has 8 heteroatoms. The molecule has 3 aromatic rings. The van der Waals surface area contributed by atoms with Crippen molar-refractivity contribution in [2.45, 2.75) is 36.8 Å². The highest BCUT2D eigenvalue weighted by atomic mass is 35.5. The first kappa shape index (κ1) is 25.1. The lowest BCUT2D eigenvalue weighted by atomic mass is 9.57. The quantitative estimate of drug-likeness (QED) is 0.334. The Labute approximate surface area is 237 Å². The zero-order valence-electron chi connectivity index (χ0n) is 22.0. The number of Topliss-reactive ketones (excluding diaryl/α,β-unsaturated/α-hetero) is 1. The summed E-state index contributed by atoms with van der Waals surface area (Å²) in [5, 5.41) is 6.65. The number of aryl methyl sites for hydroxylation is 1. The third-order valence-corrected chi connectivity index (χ3v) is 9.35. The van der Waals surface area contributed by atoms with Crippen LogP contribution in [0.1, 0.15) is 39.9 Å². The van der Waals surface area contributed by atoms with Gasteiger partial charge in [-0.2, -0.15) is 0 Å². The van der Waals surface area contributed by atoms with E-state index in [0.717, 1.165) is 12.0 Å². The third kappa shape index (κ3) is 2.96. The minimum Gasteiger partial charge on any atom is -0.490 e. The fourth-order valence-electron chi connectivity index (χ4n) is 7.89. The number of ketones is 1. The van der Waals surface area contributed by atoms with Crippen LogP contribution >= 0.6 is 11.6 Å². The number of anilines is 2. The molecule has 0 aromatic heterocycles. The number of nitrogens with zero attached hydrogens (tertiary/aromatic N) is 1. The number of halogens is 1. The van der Waals surface area contributed by atoms with Crippen molar-refractivity contribution in [3.8, 4) is 5.75 Å². The van der Waals surface area contributed by atoms with Crippen molar-refractivity contribution >= 4 is 40.6 Å². The van der Waals surface area contributed by atoms with Crippen LogP contribution in [0.3, 0.4) is 0 Å². The Balaban J connectivity index is 1.54. The van der Waals surface area contributed by atoms with E-state index in [-0.39, 0.29) is 23.6 Å². The second-order valence-electron chi connectivity index (χ2n) is 11.0. The van der Waals surface area contributed by atoms with Gasteiger partial charge in [0.05, 0.1) is 5.92 Å². The number of nitrogens with one attached hydrogen (secondary N) is 2. The van der Waals surface area contributed by atoms with Gasteiger partial charge in [0.2, 0.25) is 5.91 Å². The molecular formula is C32H28ClN3O4. The summed E-state index contributed by atoms with van der Waals surface area (Å²) >= 11 is 6.62. The fraction of sp³-hybridized carbons (Fsp3) is 0.281. The van der Waals surface area contributed by atoms with Crippen molar-refractivity contribution in [3.05, 3.63) is 101 Å². The maximum Gasteiger partial charge on any atom is 0.251 e. The number of rotatable bonds is 5. The summed E-state index contributed by atoms with van der Waals surface area (Å²) in [5.41, 5.74) is 0.870. The highest BCUT2D eigenvalue weighted by Gasteiger charge is 2.81. The number of carbonyl (C=O) groups is 3. The molecule has 2 amide bonds. The summed E-state index contributed by atoms with van der Waals surface area (Å²) in [7, 11) is 0. The fourth-order valence-corrected chi connectivity index (χ4v) is 8.16. The van der Waals surface area contributed by atoms with Gasteiger partial charge in [0, 0.05) is 33.6 Å². The lowest BCUT2D eigenvalue weighted by Gasteiger charge is -2.43. The maximum atomic E-state index is 14.8. The van der Waals surface area contributed by atoms with Gasteiger partial charge in [-0.25, -0.2) is 0 Å². The number of ether oxygens (including phenoxy) is 1. The Morgan fingerprint density at radius 1 is 1.10 bits per heavy atom. The smallest absolute Gasteiger partial charge is 0.251 e. The molecule has 0 unspecified atom stereocenters. The van der Waals surface area contributed by atoms with Crippen LogP contribution < -0.4 is 15.4 Å². The van der Waals surface area contributed by atoms with Crippen molar-refractivity contribution in [2.75, 3.05) is 23.8 Å². The summed E-state index contributed by atoms with van der Waals surface area (Å²) in [6, 6.07) is 17.7. The van der Waals surface area contributed by atoms with Crippen LogP contribution in [0.25, 0.3) is 0 Å². The molecule has 4 aliphatic rings. The molecule has 2 saturated heterocycles. The van der Waals surface area contributed by atoms with Gasteiger partial charge in [-0.1, -0.05) is 54.6 Å². The van der Waals surface area contributed by atoms with Crippen LogP contribution in [0.5, 0.6) is 5.75 Å². The standard InChI is InChI=1S/C32H28ClN3O4/c1-3-14-40-21-9-6-8-19(16-21)28(37)26-25-12-7-13-36(25)32(23-17-20(33)15-18(2)27(23)35-30(32)39)31(26)22-10-4-5-11-24(22)34-29(31)38/h3-6,8-11,15-17,25-26H,1,7,12-14H2,2H3,(H,34,38)(H,35,39)/t25-,26-,31-,32+/m0/s1. The van der Waals surface area contributed by atoms with Crippen LogP contribution in [0.2, 0.25) is 5.02 Å². The highest BCUT2D eigenvalue weighted by Crippen LogP contribution is 2.68. The number of fused-ring (bicyclic) bond motifs is 7. The lowest BCUT2D eigenvalue weighted by Crippen LogP contribution is -2.62. The van der Waals surface area contributed by atoms with Crippen molar-refractivity contribution in [1.29, 1.82) is 0 Å². The summed E-state index contributed by atoms with van der Waals surface area (Å²) in [6.45, 7) is 6.47. The van der Waals surface area contributed by atoms with E-state index in [2.05, 4.69) is 22.1 Å². The highest BCUT2D eigenvalue weighted by molar-refractivity contribution is 6.31. The van der Waals surface area contributed by atoms with Gasteiger partial charge in [0.15, 0.2) is 5.78 Å². The van der Waals surface area contributed by atoms with Gasteiger partial charge in [-0.3, -0.25) is 19.3 Å². The van der Waals surface area contributed by atoms with Crippen molar-refractivity contribution < 1.29 is 19.1 Å². The molecule has 4 aliphatic heterocycles. The van der Waals surface area contributed by atoms with E-state index in [1.807, 2.05) is 37.3 Å². The second-order valence-corrected chi connectivity index (χ2v) is 11.4. The Morgan fingerprint density at radius 2 is 1.93 bits per heavy atom. The van der Waals surface area contributed by atoms with E-state index >= 15 is 0 Å². The topological polar surface area (TPSA) is 87.7 Å². The van der Waals surface area contributed by atoms with Gasteiger partial charge in [-0.05, 0) is 67.8 Å². The first-order valence-electron chi connectivity index (χ1n) is 13.5. The number of amides is 2. The van der Waals surface area contributed by atoms with Crippen LogP contribution in [0, 0.1) is 12.8 Å². The molecule has 3 aromatic carbocycles. The SMILES string of the molecule is C=CCOc1cccc(C(=O)[C@@H]2[C@@H]3CCCN3[C@]3(C(=O)Nc4c(C)cc(Cl)cc43)[C@]23C(=O)Nc2ccccc23)c1. The zero-order chi connectivity index (χ0) is 27.8. The van der Waals surface area contributed by atoms with E-state index < -0.39 is 16.9 Å². The number of hydrogen-bond acceptors (Lipinski definition) is 5. The zero-order valence-corrected chi connectivity index (χ0v) is 22.8. The molecule has 40 heavy (non-hydrogen) atoms. The van der Waals surface area contributed by atoms with Crippen LogP contribution in [-0.4, -0.2) is 41.7 Å². The van der Waals surface area contributed by atoms with E-state index in [1.54, 1.807) is 36.4 Å². The summed E-state index contributed by atoms with van der Waals surface area (Å²) in [5.74, 6) is -1.13. The molecule has 2 fully saturated rings. The van der Waals surface area contributed by atoms with Crippen molar-refractivity contribution in [1.82, 2.24) is 4.90 Å². The molecule has 202 valence electrons. The molecule has 2 spiro atoms. The number of hydrogen-bond donors (Lipinski definition) is 2. The van der Waals surface area contributed by atoms with E-state index in [1.165, 1.54) is 0 Å². The predicted octanol–water partition coefficient (Wildman–Crippen LogP) is 5.23. The summed E-state index contributed by atoms with van der Waals surface area (Å²) in [6.07, 6.45) is 3.13. The predicted molar refractivity (Wildman–Crippen MR) is 153 cm³/mol. The van der Waals surface area contributed by atoms with E-state index in [0.29, 0.717) is 58.4 Å². The molecule has 2 N–H and O–H groups in total. The minimum atomic E-state index is -1.52. The van der Waals surface area contributed by atoms with Gasteiger partial charge in [0.1, 0.15) is 23.3 Å². The molecule has 0 bridgehead atoms. The molecule has 4 heterocycles. The molecule has 0 radical (unpaired) electrons. The molecule has 0 saturated carbocycles. The minimum absolute atomic E-state index is 0.190. The van der Waals surface area contributed by atoms with Crippen LogP contribution in [0.4, 0.5) is 11.4 Å². The van der Waals surface area contributed by atoms with Crippen molar-refractivity contribution in [2.24, 2.45) is 5.92 Å². The molecule has 7 rings (SSSR count). The van der Waals surface area contributed by atoms with Gasteiger partial charge < -0.3 is 15.4 Å². The summed E-state index contributed by atoms with van der Waals surface area (Å²) in [4.78, 5) is 46.0. The first-order chi connectivity index (χ1) is 19.3. The van der Waals surface area contributed by atoms with Gasteiger partial charge >= 0.3 is 0 Å². The largest absolute Gasteiger partial charge is 0.490 e. The maximum absolute atomic E-state index is 14.8. The average Bonchev–Trinajstić information content (AvgIpc) is 3.66. The summed E-state index contributed by atoms with van der Waals surface area (Å²) < 4.78 is 5.73. The first-order valence-corrected chi connectivity index (χ1v) is 13.9. The lowest BCUT2D eigenvalue weighted by molar-refractivity contribution is -0.137. The Hall–Kier alpha value is -3.94. The molecule has 0 aliphatic carbocycles. The van der Waals surface area contributed by atoms with Crippen LogP contribution in [-0.2, 0) is 20.5 Å². The number of carbonyl (C=O) groups excluding carboxylic acids is 3. The van der Waals surface area contributed by atoms with E-state index in [9.17, 15) is 14.4 Å². The Kier molecular flexibility index (Phi) is 5.50. The second kappa shape index (κ2) is 8.78. The molecule has 7 nitrogen and oxygen atoms in total. The normalized spacial score (nSPS) is 27.9. The van der Waals surface area contributed by atoms with E-state index in [4.69, 9.17) is 16.3 Å². The van der Waals surface area contributed by atoms with Crippen molar-refractivity contribution in [3.63, 3.8) is 0 Å². The Bertz CT molecular complexity index is 1640. The van der Waals surface area contributed by atoms with Crippen LogP contribution in [0.15, 0.2) is 73.3 Å². The number of benzene rings is 3.